The summed E-state index contributed by atoms with van der Waals surface area (Å²) in [6.07, 6.45) is 5.42. The normalized spacial score (nSPS) is 16.2. The number of piperidine rings is 1. The van der Waals surface area contributed by atoms with Gasteiger partial charge in [-0.2, -0.15) is 0 Å². The van der Waals surface area contributed by atoms with Gasteiger partial charge in [0.25, 0.3) is 0 Å². The zero-order valence-electron chi connectivity index (χ0n) is 19.5. The van der Waals surface area contributed by atoms with Crippen LogP contribution in [0.1, 0.15) is 52.7 Å². The molecule has 0 radical (unpaired) electrons. The van der Waals surface area contributed by atoms with Gasteiger partial charge in [0.2, 0.25) is 0 Å². The Morgan fingerprint density at radius 1 is 0.882 bits per heavy atom. The Morgan fingerprint density at radius 3 is 2.47 bits per heavy atom. The first kappa shape index (κ1) is 22.4. The van der Waals surface area contributed by atoms with Crippen molar-refractivity contribution in [2.45, 2.75) is 32.1 Å². The molecule has 1 aliphatic heterocycles. The van der Waals surface area contributed by atoms with Gasteiger partial charge in [0.1, 0.15) is 18.1 Å². The molecule has 174 valence electrons. The number of benzene rings is 3. The lowest BCUT2D eigenvalue weighted by molar-refractivity contribution is 0.103. The van der Waals surface area contributed by atoms with Gasteiger partial charge in [-0.3, -0.25) is 9.69 Å². The number of carbonyl (C=O) groups excluding carboxylic acids is 1. The summed E-state index contributed by atoms with van der Waals surface area (Å²) in [5.74, 6) is 0.934. The second-order valence-corrected chi connectivity index (χ2v) is 9.17. The van der Waals surface area contributed by atoms with E-state index in [0.717, 1.165) is 41.0 Å². The van der Waals surface area contributed by atoms with Gasteiger partial charge in [-0.1, -0.05) is 55.0 Å². The fourth-order valence-electron chi connectivity index (χ4n) is 5.10. The van der Waals surface area contributed by atoms with Crippen LogP contribution in [-0.2, 0) is 6.42 Å². The van der Waals surface area contributed by atoms with Gasteiger partial charge >= 0.3 is 0 Å². The maximum Gasteiger partial charge on any atom is 0.189 e. The number of fused-ring (bicyclic) bond motifs is 1. The third kappa shape index (κ3) is 4.92. The molecule has 4 heteroatoms. The summed E-state index contributed by atoms with van der Waals surface area (Å²) >= 11 is 0. The van der Waals surface area contributed by atoms with Gasteiger partial charge in [0.05, 0.1) is 0 Å². The molecule has 0 bridgehead atoms. The third-order valence-electron chi connectivity index (χ3n) is 6.88. The highest BCUT2D eigenvalue weighted by atomic mass is 16.5. The molecule has 0 aromatic heterocycles. The molecule has 0 atom stereocenters. The average Bonchev–Trinajstić information content (AvgIpc) is 2.89. The summed E-state index contributed by atoms with van der Waals surface area (Å²) in [7, 11) is 0. The molecule has 34 heavy (non-hydrogen) atoms. The number of aromatic hydroxyl groups is 1. The van der Waals surface area contributed by atoms with Crippen molar-refractivity contribution in [3.8, 4) is 11.5 Å². The van der Waals surface area contributed by atoms with E-state index in [0.29, 0.717) is 18.6 Å². The van der Waals surface area contributed by atoms with E-state index in [1.807, 2.05) is 18.2 Å². The van der Waals surface area contributed by atoms with E-state index in [4.69, 9.17) is 4.74 Å². The van der Waals surface area contributed by atoms with Gasteiger partial charge in [0.15, 0.2) is 5.78 Å². The lowest BCUT2D eigenvalue weighted by Gasteiger charge is -2.26. The Morgan fingerprint density at radius 2 is 1.68 bits per heavy atom. The van der Waals surface area contributed by atoms with E-state index in [-0.39, 0.29) is 11.5 Å². The van der Waals surface area contributed by atoms with Crippen LogP contribution < -0.4 is 4.74 Å². The Hall–Kier alpha value is -3.37. The number of ketones is 1. The number of phenols is 1. The molecular weight excluding hydrogens is 422 g/mol. The van der Waals surface area contributed by atoms with E-state index < -0.39 is 0 Å². The first-order valence-corrected chi connectivity index (χ1v) is 12.3. The second kappa shape index (κ2) is 10.3. The SMILES string of the molecule is O=C(C1=C(c2ccc(OCCN3CCCCC3)cc2)c2ccccc2CC1)c1cccc(O)c1. The average molecular weight is 454 g/mol. The van der Waals surface area contributed by atoms with Crippen molar-refractivity contribution in [1.82, 2.24) is 4.90 Å². The number of nitrogens with zero attached hydrogens (tertiary/aromatic N) is 1. The minimum absolute atomic E-state index is 0.0257. The topological polar surface area (TPSA) is 49.8 Å². The van der Waals surface area contributed by atoms with Crippen molar-refractivity contribution in [2.75, 3.05) is 26.2 Å². The number of hydrogen-bond acceptors (Lipinski definition) is 4. The van der Waals surface area contributed by atoms with Gasteiger partial charge < -0.3 is 9.84 Å². The van der Waals surface area contributed by atoms with Crippen molar-refractivity contribution < 1.29 is 14.6 Å². The van der Waals surface area contributed by atoms with Crippen LogP contribution in [0, 0.1) is 0 Å². The van der Waals surface area contributed by atoms with E-state index in [1.165, 1.54) is 37.9 Å². The predicted octanol–water partition coefficient (Wildman–Crippen LogP) is 5.89. The third-order valence-corrected chi connectivity index (χ3v) is 6.88. The van der Waals surface area contributed by atoms with Gasteiger partial charge in [-0.25, -0.2) is 0 Å². The van der Waals surface area contributed by atoms with Crippen LogP contribution in [0.25, 0.3) is 5.57 Å². The van der Waals surface area contributed by atoms with E-state index in [1.54, 1.807) is 24.3 Å². The Labute approximate surface area is 201 Å². The summed E-state index contributed by atoms with van der Waals surface area (Å²) in [5.41, 5.74) is 5.67. The quantitative estimate of drug-likeness (QED) is 0.453. The number of rotatable bonds is 7. The maximum absolute atomic E-state index is 13.5. The van der Waals surface area contributed by atoms with Gasteiger partial charge in [-0.05, 0) is 85.3 Å². The first-order valence-electron chi connectivity index (χ1n) is 12.3. The fraction of sp³-hybridized carbons (Fsp3) is 0.300. The number of aryl methyl sites for hydroxylation is 1. The fourth-order valence-corrected chi connectivity index (χ4v) is 5.10. The minimum atomic E-state index is -0.0257. The highest BCUT2D eigenvalue weighted by molar-refractivity contribution is 6.15. The van der Waals surface area contributed by atoms with E-state index >= 15 is 0 Å². The molecule has 0 unspecified atom stereocenters. The molecule has 4 nitrogen and oxygen atoms in total. The number of likely N-dealkylation sites (tertiary alicyclic amines) is 1. The van der Waals surface area contributed by atoms with Crippen molar-refractivity contribution in [2.24, 2.45) is 0 Å². The zero-order chi connectivity index (χ0) is 23.3. The molecule has 0 amide bonds. The van der Waals surface area contributed by atoms with E-state index in [2.05, 4.69) is 35.2 Å². The monoisotopic (exact) mass is 453 g/mol. The van der Waals surface area contributed by atoms with Crippen LogP contribution in [0.5, 0.6) is 11.5 Å². The largest absolute Gasteiger partial charge is 0.508 e. The summed E-state index contributed by atoms with van der Waals surface area (Å²) in [5, 5.41) is 9.90. The van der Waals surface area contributed by atoms with Crippen LogP contribution in [0.2, 0.25) is 0 Å². The van der Waals surface area contributed by atoms with Gasteiger partial charge in [0, 0.05) is 17.7 Å². The molecule has 2 aliphatic rings. The van der Waals surface area contributed by atoms with Crippen LogP contribution >= 0.6 is 0 Å². The standard InChI is InChI=1S/C30H31NO3/c32-25-9-6-8-24(21-25)30(33)28-16-13-22-7-2-3-10-27(22)29(28)23-11-14-26(15-12-23)34-20-19-31-17-4-1-5-18-31/h2-3,6-12,14-15,21,32H,1,4-5,13,16-20H2. The van der Waals surface area contributed by atoms with Gasteiger partial charge in [-0.15, -0.1) is 0 Å². The van der Waals surface area contributed by atoms with Crippen molar-refractivity contribution >= 4 is 11.4 Å². The lowest BCUT2D eigenvalue weighted by atomic mass is 9.79. The smallest absolute Gasteiger partial charge is 0.189 e. The molecule has 1 heterocycles. The molecule has 0 saturated carbocycles. The molecule has 3 aromatic rings. The number of hydrogen-bond donors (Lipinski definition) is 1. The van der Waals surface area contributed by atoms with Crippen LogP contribution in [0.3, 0.4) is 0 Å². The molecular formula is C30H31NO3. The van der Waals surface area contributed by atoms with Crippen LogP contribution in [0.15, 0.2) is 78.4 Å². The number of carbonyl (C=O) groups is 1. The number of Topliss-reactive ketones (excluding diaryl/α,β-unsaturated/α-hetero) is 1. The highest BCUT2D eigenvalue weighted by Gasteiger charge is 2.25. The Kier molecular flexibility index (Phi) is 6.77. The molecule has 5 rings (SSSR count). The lowest BCUT2D eigenvalue weighted by Crippen LogP contribution is -2.33. The number of allylic oxidation sites excluding steroid dienone is 1. The summed E-state index contributed by atoms with van der Waals surface area (Å²) in [6.45, 7) is 3.99. The molecule has 3 aromatic carbocycles. The second-order valence-electron chi connectivity index (χ2n) is 9.17. The molecule has 1 aliphatic carbocycles. The van der Waals surface area contributed by atoms with Crippen LogP contribution in [0.4, 0.5) is 0 Å². The highest BCUT2D eigenvalue weighted by Crippen LogP contribution is 2.38. The molecule has 1 fully saturated rings. The molecule has 0 spiro atoms. The molecule has 1 saturated heterocycles. The first-order chi connectivity index (χ1) is 16.7. The Bertz CT molecular complexity index is 1190. The van der Waals surface area contributed by atoms with Crippen molar-refractivity contribution in [3.05, 3.63) is 101 Å². The van der Waals surface area contributed by atoms with Crippen molar-refractivity contribution in [1.29, 1.82) is 0 Å². The molecule has 1 N–H and O–H groups in total. The van der Waals surface area contributed by atoms with Crippen molar-refractivity contribution in [3.63, 3.8) is 0 Å². The number of phenolic OH excluding ortho intramolecular Hbond substituents is 1. The summed E-state index contributed by atoms with van der Waals surface area (Å²) < 4.78 is 6.02. The minimum Gasteiger partial charge on any atom is -0.508 e. The van der Waals surface area contributed by atoms with E-state index in [9.17, 15) is 9.90 Å². The van der Waals surface area contributed by atoms with Crippen LogP contribution in [-0.4, -0.2) is 42.0 Å². The maximum atomic E-state index is 13.5. The summed E-state index contributed by atoms with van der Waals surface area (Å²) in [6, 6.07) is 23.1. The Balaban J connectivity index is 1.41. The zero-order valence-corrected chi connectivity index (χ0v) is 19.5. The summed E-state index contributed by atoms with van der Waals surface area (Å²) in [4.78, 5) is 16.0. The predicted molar refractivity (Wildman–Crippen MR) is 135 cm³/mol. The number of ether oxygens (including phenoxy) is 1.